The highest BCUT2D eigenvalue weighted by Crippen LogP contribution is 2.26. The number of hydrogen-bond donors (Lipinski definition) is 1. The monoisotopic (exact) mass is 344 g/mol. The smallest absolute Gasteiger partial charge is 0.274 e. The van der Waals surface area contributed by atoms with Crippen molar-refractivity contribution in [1.29, 1.82) is 0 Å². The van der Waals surface area contributed by atoms with Crippen LogP contribution in [0.25, 0.3) is 0 Å². The van der Waals surface area contributed by atoms with E-state index < -0.39 is 0 Å². The molecule has 2 aromatic heterocycles. The second-order valence-electron chi connectivity index (χ2n) is 6.50. The highest BCUT2D eigenvalue weighted by Gasteiger charge is 2.31. The van der Waals surface area contributed by atoms with E-state index in [0.717, 1.165) is 36.9 Å². The number of likely N-dealkylation sites (tertiary alicyclic amines) is 1. The van der Waals surface area contributed by atoms with E-state index in [9.17, 15) is 9.59 Å². The number of thiazole rings is 1. The number of ketones is 1. The van der Waals surface area contributed by atoms with Crippen LogP contribution in [0, 0.1) is 5.92 Å². The lowest BCUT2D eigenvalue weighted by molar-refractivity contribution is 0.0644. The minimum Gasteiger partial charge on any atom is -0.337 e. The van der Waals surface area contributed by atoms with Gasteiger partial charge in [-0.2, -0.15) is 5.10 Å². The molecule has 7 heteroatoms. The average Bonchev–Trinajstić information content (AvgIpc) is 3.30. The second-order valence-corrected chi connectivity index (χ2v) is 7.40. The minimum absolute atomic E-state index is 0.00884. The van der Waals surface area contributed by atoms with Crippen LogP contribution in [0.4, 0.5) is 0 Å². The van der Waals surface area contributed by atoms with E-state index in [0.29, 0.717) is 36.6 Å². The number of aryl methyl sites for hydroxylation is 1. The third-order valence-corrected chi connectivity index (χ3v) is 5.84. The Morgan fingerprint density at radius 2 is 2.00 bits per heavy atom. The van der Waals surface area contributed by atoms with Gasteiger partial charge in [-0.15, -0.1) is 11.3 Å². The van der Waals surface area contributed by atoms with Gasteiger partial charge < -0.3 is 4.90 Å². The summed E-state index contributed by atoms with van der Waals surface area (Å²) in [7, 11) is 0. The van der Waals surface area contributed by atoms with Crippen LogP contribution in [-0.4, -0.2) is 44.9 Å². The Hall–Kier alpha value is -2.02. The third-order valence-electron chi connectivity index (χ3n) is 5.05. The van der Waals surface area contributed by atoms with Crippen LogP contribution in [0.3, 0.4) is 0 Å². The summed E-state index contributed by atoms with van der Waals surface area (Å²) in [6.07, 6.45) is 7.28. The van der Waals surface area contributed by atoms with E-state index in [4.69, 9.17) is 0 Å². The number of amides is 1. The van der Waals surface area contributed by atoms with Gasteiger partial charge in [0, 0.05) is 41.8 Å². The van der Waals surface area contributed by atoms with E-state index in [2.05, 4.69) is 15.2 Å². The lowest BCUT2D eigenvalue weighted by Gasteiger charge is -2.30. The van der Waals surface area contributed by atoms with E-state index in [1.54, 1.807) is 6.20 Å². The molecule has 1 amide bonds. The highest BCUT2D eigenvalue weighted by molar-refractivity contribution is 7.11. The Morgan fingerprint density at radius 1 is 1.21 bits per heavy atom. The van der Waals surface area contributed by atoms with Gasteiger partial charge in [-0.25, -0.2) is 4.98 Å². The summed E-state index contributed by atoms with van der Waals surface area (Å²) >= 11 is 1.39. The summed E-state index contributed by atoms with van der Waals surface area (Å²) < 4.78 is 0. The van der Waals surface area contributed by atoms with Crippen LogP contribution in [0.15, 0.2) is 11.6 Å². The number of nitrogens with zero attached hydrogens (tertiary/aromatic N) is 3. The van der Waals surface area contributed by atoms with Gasteiger partial charge in [0.1, 0.15) is 0 Å². The van der Waals surface area contributed by atoms with Crippen LogP contribution in [0.5, 0.6) is 0 Å². The maximum atomic E-state index is 12.8. The molecular formula is C17H20N4O2S. The van der Waals surface area contributed by atoms with Crippen molar-refractivity contribution >= 4 is 23.0 Å². The fraction of sp³-hybridized carbons (Fsp3) is 0.529. The normalized spacial score (nSPS) is 18.4. The highest BCUT2D eigenvalue weighted by atomic mass is 32.1. The van der Waals surface area contributed by atoms with Gasteiger partial charge >= 0.3 is 0 Å². The molecule has 0 unspecified atom stereocenters. The van der Waals surface area contributed by atoms with Crippen molar-refractivity contribution in [1.82, 2.24) is 20.1 Å². The molecule has 0 bridgehead atoms. The first kappa shape index (κ1) is 15.5. The fourth-order valence-electron chi connectivity index (χ4n) is 3.67. The summed E-state index contributed by atoms with van der Waals surface area (Å²) in [5, 5.41) is 9.72. The standard InChI is InChI=1S/C17H20N4O2S/c22-15(16-18-7-10-24-16)11-5-8-21(9-6-11)17(23)14-12-3-1-2-4-13(12)19-20-14/h7,10-11H,1-6,8-9H2,(H,19,20). The minimum atomic E-state index is -0.0201. The molecule has 1 aliphatic heterocycles. The summed E-state index contributed by atoms with van der Waals surface area (Å²) in [6.45, 7) is 1.23. The number of fused-ring (bicyclic) bond motifs is 1. The summed E-state index contributed by atoms with van der Waals surface area (Å²) in [5.41, 5.74) is 2.82. The van der Waals surface area contributed by atoms with Gasteiger partial charge in [-0.3, -0.25) is 14.7 Å². The topological polar surface area (TPSA) is 79.0 Å². The molecule has 1 saturated heterocycles. The van der Waals surface area contributed by atoms with Crippen molar-refractivity contribution in [2.75, 3.05) is 13.1 Å². The molecule has 2 aliphatic rings. The molecule has 3 heterocycles. The second kappa shape index (κ2) is 6.47. The molecular weight excluding hydrogens is 324 g/mol. The van der Waals surface area contributed by atoms with E-state index >= 15 is 0 Å². The van der Waals surface area contributed by atoms with Gasteiger partial charge in [-0.1, -0.05) is 0 Å². The third kappa shape index (κ3) is 2.77. The fourth-order valence-corrected chi connectivity index (χ4v) is 4.33. The molecule has 0 aromatic carbocycles. The maximum absolute atomic E-state index is 12.8. The number of piperidine rings is 1. The molecule has 0 radical (unpaired) electrons. The first-order chi connectivity index (χ1) is 11.7. The number of aromatic nitrogens is 3. The number of hydrogen-bond acceptors (Lipinski definition) is 5. The van der Waals surface area contributed by atoms with Crippen molar-refractivity contribution < 1.29 is 9.59 Å². The van der Waals surface area contributed by atoms with Crippen LogP contribution in [0.1, 0.15) is 57.2 Å². The van der Waals surface area contributed by atoms with Crippen molar-refractivity contribution in [3.05, 3.63) is 33.5 Å². The largest absolute Gasteiger partial charge is 0.337 e. The van der Waals surface area contributed by atoms with Crippen molar-refractivity contribution in [2.45, 2.75) is 38.5 Å². The number of nitrogens with one attached hydrogen (secondary N) is 1. The predicted octanol–water partition coefficient (Wildman–Crippen LogP) is 2.48. The Bertz CT molecular complexity index is 745. The molecule has 4 rings (SSSR count). The Balaban J connectivity index is 1.41. The molecule has 0 spiro atoms. The van der Waals surface area contributed by atoms with E-state index in [-0.39, 0.29) is 17.6 Å². The zero-order chi connectivity index (χ0) is 16.5. The van der Waals surface area contributed by atoms with Gasteiger partial charge in [0.25, 0.3) is 5.91 Å². The molecule has 24 heavy (non-hydrogen) atoms. The maximum Gasteiger partial charge on any atom is 0.274 e. The number of carbonyl (C=O) groups excluding carboxylic acids is 2. The number of aromatic amines is 1. The van der Waals surface area contributed by atoms with Crippen molar-refractivity contribution in [2.24, 2.45) is 5.92 Å². The van der Waals surface area contributed by atoms with Crippen molar-refractivity contribution in [3.63, 3.8) is 0 Å². The zero-order valence-corrected chi connectivity index (χ0v) is 14.3. The lowest BCUT2D eigenvalue weighted by atomic mass is 9.92. The Labute approximate surface area is 144 Å². The van der Waals surface area contributed by atoms with Crippen molar-refractivity contribution in [3.8, 4) is 0 Å². The van der Waals surface area contributed by atoms with Crippen LogP contribution >= 0.6 is 11.3 Å². The number of carbonyl (C=O) groups is 2. The number of Topliss-reactive ketones (excluding diaryl/α,β-unsaturated/α-hetero) is 1. The molecule has 0 saturated carbocycles. The molecule has 6 nitrogen and oxygen atoms in total. The van der Waals surface area contributed by atoms with E-state index in [1.807, 2.05) is 10.3 Å². The summed E-state index contributed by atoms with van der Waals surface area (Å²) in [6, 6.07) is 0. The van der Waals surface area contributed by atoms with E-state index in [1.165, 1.54) is 11.3 Å². The van der Waals surface area contributed by atoms with Crippen LogP contribution < -0.4 is 0 Å². The number of H-pyrrole nitrogens is 1. The molecule has 1 N–H and O–H groups in total. The quantitative estimate of drug-likeness (QED) is 0.868. The van der Waals surface area contributed by atoms with Gasteiger partial charge in [0.05, 0.1) is 0 Å². The Kier molecular flexibility index (Phi) is 4.18. The average molecular weight is 344 g/mol. The van der Waals surface area contributed by atoms with Gasteiger partial charge in [-0.05, 0) is 38.5 Å². The first-order valence-corrected chi connectivity index (χ1v) is 9.41. The van der Waals surface area contributed by atoms with Crippen LogP contribution in [-0.2, 0) is 12.8 Å². The SMILES string of the molecule is O=C(c1nccs1)C1CCN(C(=O)c2n[nH]c3c2CCCC3)CC1. The zero-order valence-electron chi connectivity index (χ0n) is 13.5. The Morgan fingerprint density at radius 3 is 2.75 bits per heavy atom. The van der Waals surface area contributed by atoms with Gasteiger partial charge in [0.2, 0.25) is 0 Å². The number of rotatable bonds is 3. The first-order valence-electron chi connectivity index (χ1n) is 8.53. The predicted molar refractivity (Wildman–Crippen MR) is 90.3 cm³/mol. The summed E-state index contributed by atoms with van der Waals surface area (Å²) in [5.74, 6) is 0.108. The molecule has 126 valence electrons. The summed E-state index contributed by atoms with van der Waals surface area (Å²) in [4.78, 5) is 31.1. The van der Waals surface area contributed by atoms with Crippen LogP contribution in [0.2, 0.25) is 0 Å². The lowest BCUT2D eigenvalue weighted by Crippen LogP contribution is -2.40. The molecule has 1 fully saturated rings. The van der Waals surface area contributed by atoms with Gasteiger partial charge in [0.15, 0.2) is 16.5 Å². The molecule has 1 aliphatic carbocycles. The molecule has 2 aromatic rings. The molecule has 0 atom stereocenters.